The van der Waals surface area contributed by atoms with Crippen LogP contribution < -0.4 is 11.2 Å². The quantitative estimate of drug-likeness (QED) is 0.679. The number of rotatable bonds is 1. The molecule has 0 unspecified atom stereocenters. The Labute approximate surface area is 83.2 Å². The van der Waals surface area contributed by atoms with Crippen LogP contribution in [0.3, 0.4) is 0 Å². The van der Waals surface area contributed by atoms with Crippen molar-refractivity contribution in [2.45, 2.75) is 20.4 Å². The fraction of sp³-hybridized carbons (Fsp3) is 0.375. The van der Waals surface area contributed by atoms with Crippen molar-refractivity contribution in [1.29, 1.82) is 0 Å². The lowest BCUT2D eigenvalue weighted by Crippen LogP contribution is -2.36. The van der Waals surface area contributed by atoms with Gasteiger partial charge in [0.1, 0.15) is 9.84 Å². The summed E-state index contributed by atoms with van der Waals surface area (Å²) in [4.78, 5) is 23.7. The molecule has 0 radical (unpaired) electrons. The highest BCUT2D eigenvalue weighted by Crippen LogP contribution is 2.08. The lowest BCUT2D eigenvalue weighted by molar-refractivity contribution is 0.642. The molecule has 0 bridgehead atoms. The Balaban J connectivity index is 3.00. The standard InChI is InChI=1S/C8H9N3O2S/c1-3-10-6(12)4-7-11(8(10)13)9-5(2)14-7/h4H,3H2,1-2H3. The number of fused-ring (bicyclic) bond motifs is 1. The van der Waals surface area contributed by atoms with Crippen LogP contribution in [0.25, 0.3) is 4.83 Å². The summed E-state index contributed by atoms with van der Waals surface area (Å²) in [7, 11) is 0. The predicted molar refractivity (Wildman–Crippen MR) is 54.0 cm³/mol. The molecule has 0 saturated heterocycles. The fourth-order valence-electron chi connectivity index (χ4n) is 1.32. The van der Waals surface area contributed by atoms with Gasteiger partial charge in [-0.25, -0.2) is 4.79 Å². The van der Waals surface area contributed by atoms with Gasteiger partial charge in [-0.05, 0) is 13.8 Å². The second-order valence-corrected chi connectivity index (χ2v) is 4.09. The fourth-order valence-corrected chi connectivity index (χ4v) is 2.11. The molecule has 0 aliphatic rings. The van der Waals surface area contributed by atoms with Crippen LogP contribution >= 0.6 is 11.3 Å². The Morgan fingerprint density at radius 3 is 2.86 bits per heavy atom. The third kappa shape index (κ3) is 1.19. The van der Waals surface area contributed by atoms with Crippen molar-refractivity contribution in [3.05, 3.63) is 31.9 Å². The summed E-state index contributed by atoms with van der Waals surface area (Å²) in [5.74, 6) is 0. The van der Waals surface area contributed by atoms with Crippen molar-refractivity contribution in [2.75, 3.05) is 0 Å². The van der Waals surface area contributed by atoms with E-state index in [1.54, 1.807) is 13.8 Å². The van der Waals surface area contributed by atoms with E-state index in [1.807, 2.05) is 0 Å². The number of hydrogen-bond donors (Lipinski definition) is 0. The maximum absolute atomic E-state index is 11.7. The van der Waals surface area contributed by atoms with E-state index in [2.05, 4.69) is 5.10 Å². The zero-order valence-electron chi connectivity index (χ0n) is 7.85. The van der Waals surface area contributed by atoms with E-state index in [-0.39, 0.29) is 11.2 Å². The first kappa shape index (κ1) is 9.14. The van der Waals surface area contributed by atoms with Crippen LogP contribution in [0.1, 0.15) is 11.9 Å². The topological polar surface area (TPSA) is 56.4 Å². The van der Waals surface area contributed by atoms with Gasteiger partial charge in [-0.15, -0.1) is 0 Å². The number of nitrogens with zero attached hydrogens (tertiary/aromatic N) is 3. The molecule has 5 nitrogen and oxygen atoms in total. The Hall–Kier alpha value is -1.43. The first-order valence-corrected chi connectivity index (χ1v) is 5.05. The molecule has 2 heterocycles. The Bertz CT molecular complexity index is 593. The minimum Gasteiger partial charge on any atom is -0.269 e. The molecule has 0 saturated carbocycles. The first-order chi connectivity index (χ1) is 6.63. The van der Waals surface area contributed by atoms with E-state index in [0.717, 1.165) is 9.57 Å². The van der Waals surface area contributed by atoms with Crippen molar-refractivity contribution in [3.63, 3.8) is 0 Å². The molecule has 0 spiro atoms. The van der Waals surface area contributed by atoms with Gasteiger partial charge in [0.05, 0.1) is 0 Å². The van der Waals surface area contributed by atoms with Crippen LogP contribution in [0, 0.1) is 6.92 Å². The highest BCUT2D eigenvalue weighted by atomic mass is 32.1. The SMILES string of the molecule is CCn1c(=O)cc2sc(C)nn2c1=O. The van der Waals surface area contributed by atoms with Gasteiger partial charge in [0, 0.05) is 12.6 Å². The van der Waals surface area contributed by atoms with E-state index in [0.29, 0.717) is 11.4 Å². The Kier molecular flexibility index (Phi) is 1.99. The van der Waals surface area contributed by atoms with E-state index in [9.17, 15) is 9.59 Å². The van der Waals surface area contributed by atoms with E-state index < -0.39 is 0 Å². The van der Waals surface area contributed by atoms with E-state index in [1.165, 1.54) is 21.9 Å². The van der Waals surface area contributed by atoms with Crippen LogP contribution in [-0.4, -0.2) is 14.2 Å². The van der Waals surface area contributed by atoms with Gasteiger partial charge in [0.15, 0.2) is 0 Å². The van der Waals surface area contributed by atoms with Gasteiger partial charge < -0.3 is 0 Å². The highest BCUT2D eigenvalue weighted by Gasteiger charge is 2.07. The van der Waals surface area contributed by atoms with Gasteiger partial charge in [0.2, 0.25) is 0 Å². The second kappa shape index (κ2) is 3.06. The minimum atomic E-state index is -0.362. The van der Waals surface area contributed by atoms with Crippen molar-refractivity contribution in [2.24, 2.45) is 0 Å². The molecule has 14 heavy (non-hydrogen) atoms. The van der Waals surface area contributed by atoms with Gasteiger partial charge in [-0.2, -0.15) is 9.61 Å². The van der Waals surface area contributed by atoms with Crippen LogP contribution in [0.4, 0.5) is 0 Å². The molecular formula is C8H9N3O2S. The zero-order chi connectivity index (χ0) is 10.3. The summed E-state index contributed by atoms with van der Waals surface area (Å²) in [6, 6.07) is 1.44. The molecule has 74 valence electrons. The van der Waals surface area contributed by atoms with Crippen molar-refractivity contribution < 1.29 is 0 Å². The van der Waals surface area contributed by atoms with Crippen molar-refractivity contribution >= 4 is 16.2 Å². The van der Waals surface area contributed by atoms with Crippen LogP contribution in [-0.2, 0) is 6.54 Å². The van der Waals surface area contributed by atoms with Gasteiger partial charge in [-0.1, -0.05) is 11.3 Å². The van der Waals surface area contributed by atoms with E-state index >= 15 is 0 Å². The summed E-state index contributed by atoms with van der Waals surface area (Å²) < 4.78 is 2.43. The Morgan fingerprint density at radius 2 is 2.21 bits per heavy atom. The smallest absolute Gasteiger partial charge is 0.269 e. The average Bonchev–Trinajstić information content (AvgIpc) is 2.47. The number of aryl methyl sites for hydroxylation is 1. The third-order valence-corrected chi connectivity index (χ3v) is 2.82. The molecule has 0 aliphatic heterocycles. The highest BCUT2D eigenvalue weighted by molar-refractivity contribution is 7.17. The van der Waals surface area contributed by atoms with Crippen LogP contribution in [0.5, 0.6) is 0 Å². The molecule has 2 aromatic heterocycles. The maximum Gasteiger partial charge on any atom is 0.352 e. The molecule has 0 N–H and O–H groups in total. The molecule has 6 heteroatoms. The zero-order valence-corrected chi connectivity index (χ0v) is 8.67. The summed E-state index contributed by atoms with van der Waals surface area (Å²) in [5.41, 5.74) is -0.625. The normalized spacial score (nSPS) is 11.0. The van der Waals surface area contributed by atoms with E-state index in [4.69, 9.17) is 0 Å². The lowest BCUT2D eigenvalue weighted by atomic mass is 10.6. The summed E-state index contributed by atoms with van der Waals surface area (Å²) >= 11 is 1.34. The molecular weight excluding hydrogens is 202 g/mol. The summed E-state index contributed by atoms with van der Waals surface area (Å²) in [6.45, 7) is 3.93. The molecule has 2 aromatic rings. The average molecular weight is 211 g/mol. The first-order valence-electron chi connectivity index (χ1n) is 4.24. The summed E-state index contributed by atoms with van der Waals surface area (Å²) in [5, 5.41) is 4.80. The lowest BCUT2D eigenvalue weighted by Gasteiger charge is -1.98. The predicted octanol–water partition coefficient (Wildman–Crippen LogP) is 0.246. The van der Waals surface area contributed by atoms with Gasteiger partial charge >= 0.3 is 5.69 Å². The number of aromatic nitrogens is 3. The third-order valence-electron chi connectivity index (χ3n) is 1.94. The van der Waals surface area contributed by atoms with Crippen molar-refractivity contribution in [3.8, 4) is 0 Å². The molecule has 2 rings (SSSR count). The Morgan fingerprint density at radius 1 is 1.50 bits per heavy atom. The summed E-state index contributed by atoms with van der Waals surface area (Å²) in [6.07, 6.45) is 0. The monoisotopic (exact) mass is 211 g/mol. The molecule has 0 amide bonds. The largest absolute Gasteiger partial charge is 0.352 e. The minimum absolute atomic E-state index is 0.263. The second-order valence-electron chi connectivity index (χ2n) is 2.88. The van der Waals surface area contributed by atoms with Gasteiger partial charge in [0.25, 0.3) is 5.56 Å². The molecule has 0 aromatic carbocycles. The molecule has 0 atom stereocenters. The molecule has 0 aliphatic carbocycles. The van der Waals surface area contributed by atoms with Crippen LogP contribution in [0.2, 0.25) is 0 Å². The van der Waals surface area contributed by atoms with Crippen LogP contribution in [0.15, 0.2) is 15.7 Å². The maximum atomic E-state index is 11.7. The van der Waals surface area contributed by atoms with Crippen molar-refractivity contribution in [1.82, 2.24) is 14.2 Å². The van der Waals surface area contributed by atoms with Gasteiger partial charge in [-0.3, -0.25) is 9.36 Å². The molecule has 0 fully saturated rings. The number of hydrogen-bond acceptors (Lipinski definition) is 4.